The second-order valence-corrected chi connectivity index (χ2v) is 6.83. The molecule has 0 radical (unpaired) electrons. The van der Waals surface area contributed by atoms with Gasteiger partial charge in [-0.25, -0.2) is 0 Å². The summed E-state index contributed by atoms with van der Waals surface area (Å²) >= 11 is 0. The maximum Gasteiger partial charge on any atom is 0.204 e. The molecule has 2 aromatic rings. The Balaban J connectivity index is 1.51. The SMILES string of the molecule is C/C=C/c1ccc(C2CCC(COc3ccc(OCC)c(F)c3F)OC2)cc1. The molecular formula is C23H26F2O3. The van der Waals surface area contributed by atoms with Gasteiger partial charge in [0.15, 0.2) is 11.5 Å². The molecule has 1 fully saturated rings. The lowest BCUT2D eigenvalue weighted by atomic mass is 9.91. The minimum Gasteiger partial charge on any atom is -0.491 e. The van der Waals surface area contributed by atoms with E-state index >= 15 is 0 Å². The molecule has 150 valence electrons. The molecule has 0 spiro atoms. The van der Waals surface area contributed by atoms with E-state index < -0.39 is 11.6 Å². The van der Waals surface area contributed by atoms with Crippen molar-refractivity contribution in [2.45, 2.75) is 38.7 Å². The molecule has 28 heavy (non-hydrogen) atoms. The Morgan fingerprint density at radius 3 is 2.25 bits per heavy atom. The largest absolute Gasteiger partial charge is 0.491 e. The maximum atomic E-state index is 14.1. The summed E-state index contributed by atoms with van der Waals surface area (Å²) in [5.41, 5.74) is 2.44. The fourth-order valence-electron chi connectivity index (χ4n) is 3.35. The third kappa shape index (κ3) is 4.90. The van der Waals surface area contributed by atoms with Crippen LogP contribution in [0.3, 0.4) is 0 Å². The molecule has 0 amide bonds. The van der Waals surface area contributed by atoms with Crippen LogP contribution in [0.25, 0.3) is 6.08 Å². The molecule has 0 saturated carbocycles. The molecule has 3 rings (SSSR count). The summed E-state index contributed by atoms with van der Waals surface area (Å²) in [4.78, 5) is 0. The molecule has 0 aliphatic carbocycles. The van der Waals surface area contributed by atoms with Crippen LogP contribution in [-0.2, 0) is 4.74 Å². The monoisotopic (exact) mass is 388 g/mol. The second kappa shape index (κ2) is 9.69. The summed E-state index contributed by atoms with van der Waals surface area (Å²) < 4.78 is 44.4. The third-order valence-corrected chi connectivity index (χ3v) is 4.87. The van der Waals surface area contributed by atoms with Crippen molar-refractivity contribution in [1.29, 1.82) is 0 Å². The summed E-state index contributed by atoms with van der Waals surface area (Å²) in [6.45, 7) is 4.77. The minimum absolute atomic E-state index is 0.107. The van der Waals surface area contributed by atoms with E-state index in [0.29, 0.717) is 12.5 Å². The first-order chi connectivity index (χ1) is 13.6. The van der Waals surface area contributed by atoms with E-state index in [-0.39, 0.29) is 30.8 Å². The summed E-state index contributed by atoms with van der Waals surface area (Å²) in [6.07, 6.45) is 5.73. The van der Waals surface area contributed by atoms with Crippen molar-refractivity contribution >= 4 is 6.08 Å². The number of allylic oxidation sites excluding steroid dienone is 1. The zero-order valence-electron chi connectivity index (χ0n) is 16.3. The van der Waals surface area contributed by atoms with E-state index in [2.05, 4.69) is 30.3 Å². The first kappa shape index (κ1) is 20.3. The summed E-state index contributed by atoms with van der Waals surface area (Å²) in [7, 11) is 0. The maximum absolute atomic E-state index is 14.1. The standard InChI is InChI=1S/C23H26F2O3/c1-3-5-16-6-8-17(9-7-16)18-10-11-19(27-14-18)15-28-21-13-12-20(26-4-2)22(24)23(21)25/h3,5-9,12-13,18-19H,4,10-11,14-15H2,1-2H3/b5-3+. The van der Waals surface area contributed by atoms with Crippen molar-refractivity contribution in [2.75, 3.05) is 19.8 Å². The van der Waals surface area contributed by atoms with Gasteiger partial charge < -0.3 is 14.2 Å². The van der Waals surface area contributed by atoms with Crippen LogP contribution in [0.1, 0.15) is 43.7 Å². The van der Waals surface area contributed by atoms with Gasteiger partial charge in [-0.2, -0.15) is 8.78 Å². The normalized spacial score (nSPS) is 19.7. The average Bonchev–Trinajstić information content (AvgIpc) is 2.72. The van der Waals surface area contributed by atoms with Crippen LogP contribution in [0, 0.1) is 11.6 Å². The van der Waals surface area contributed by atoms with E-state index in [1.807, 2.05) is 13.0 Å². The fourth-order valence-corrected chi connectivity index (χ4v) is 3.35. The van der Waals surface area contributed by atoms with E-state index in [1.165, 1.54) is 23.3 Å². The highest BCUT2D eigenvalue weighted by Gasteiger charge is 2.24. The van der Waals surface area contributed by atoms with Crippen LogP contribution < -0.4 is 9.47 Å². The summed E-state index contributed by atoms with van der Waals surface area (Å²) in [5, 5.41) is 0. The van der Waals surface area contributed by atoms with Gasteiger partial charge in [0.2, 0.25) is 11.6 Å². The average molecular weight is 388 g/mol. The van der Waals surface area contributed by atoms with Crippen molar-refractivity contribution in [1.82, 2.24) is 0 Å². The predicted octanol–water partition coefficient (Wildman–Crippen LogP) is 5.74. The molecule has 1 heterocycles. The van der Waals surface area contributed by atoms with Crippen molar-refractivity contribution in [3.63, 3.8) is 0 Å². The Labute approximate surface area is 164 Å². The Morgan fingerprint density at radius 1 is 1.00 bits per heavy atom. The number of rotatable bonds is 7. The first-order valence-corrected chi connectivity index (χ1v) is 9.70. The lowest BCUT2D eigenvalue weighted by molar-refractivity contribution is -0.0219. The first-order valence-electron chi connectivity index (χ1n) is 9.70. The second-order valence-electron chi connectivity index (χ2n) is 6.83. The van der Waals surface area contributed by atoms with Crippen LogP contribution >= 0.6 is 0 Å². The van der Waals surface area contributed by atoms with E-state index in [9.17, 15) is 8.78 Å². The molecule has 2 aromatic carbocycles. The summed E-state index contributed by atoms with van der Waals surface area (Å²) in [6, 6.07) is 11.3. The number of halogens is 2. The van der Waals surface area contributed by atoms with Gasteiger partial charge in [0.25, 0.3) is 0 Å². The van der Waals surface area contributed by atoms with E-state index in [1.54, 1.807) is 6.92 Å². The molecule has 2 unspecified atom stereocenters. The molecule has 0 bridgehead atoms. The van der Waals surface area contributed by atoms with E-state index in [0.717, 1.165) is 12.8 Å². The molecule has 0 aromatic heterocycles. The van der Waals surface area contributed by atoms with Gasteiger partial charge in [-0.15, -0.1) is 0 Å². The molecule has 2 atom stereocenters. The molecule has 3 nitrogen and oxygen atoms in total. The van der Waals surface area contributed by atoms with Crippen molar-refractivity contribution in [3.05, 3.63) is 65.2 Å². The van der Waals surface area contributed by atoms with Gasteiger partial charge in [-0.1, -0.05) is 36.4 Å². The quantitative estimate of drug-likeness (QED) is 0.605. The van der Waals surface area contributed by atoms with Crippen molar-refractivity contribution < 1.29 is 23.0 Å². The number of hydrogen-bond acceptors (Lipinski definition) is 3. The molecule has 0 N–H and O–H groups in total. The highest BCUT2D eigenvalue weighted by atomic mass is 19.2. The molecular weight excluding hydrogens is 362 g/mol. The number of benzene rings is 2. The fraction of sp³-hybridized carbons (Fsp3) is 0.391. The van der Waals surface area contributed by atoms with Crippen LogP contribution in [0.2, 0.25) is 0 Å². The van der Waals surface area contributed by atoms with Crippen LogP contribution in [0.5, 0.6) is 11.5 Å². The lowest BCUT2D eigenvalue weighted by Crippen LogP contribution is -2.29. The van der Waals surface area contributed by atoms with Crippen LogP contribution in [0.4, 0.5) is 8.78 Å². The Hall–Kier alpha value is -2.40. The highest BCUT2D eigenvalue weighted by Crippen LogP contribution is 2.31. The molecule has 1 aliphatic heterocycles. The molecule has 5 heteroatoms. The predicted molar refractivity (Wildman–Crippen MR) is 106 cm³/mol. The van der Waals surface area contributed by atoms with Crippen molar-refractivity contribution in [3.8, 4) is 11.5 Å². The van der Waals surface area contributed by atoms with Gasteiger partial charge in [0.05, 0.1) is 19.3 Å². The molecule has 1 saturated heterocycles. The highest BCUT2D eigenvalue weighted by molar-refractivity contribution is 5.49. The van der Waals surface area contributed by atoms with Crippen molar-refractivity contribution in [2.24, 2.45) is 0 Å². The lowest BCUT2D eigenvalue weighted by Gasteiger charge is -2.29. The summed E-state index contributed by atoms with van der Waals surface area (Å²) in [5.74, 6) is -1.93. The van der Waals surface area contributed by atoms with Crippen LogP contribution in [0.15, 0.2) is 42.5 Å². The Morgan fingerprint density at radius 2 is 1.68 bits per heavy atom. The van der Waals surface area contributed by atoms with Gasteiger partial charge >= 0.3 is 0 Å². The van der Waals surface area contributed by atoms with Gasteiger partial charge in [0.1, 0.15) is 6.61 Å². The Bertz CT molecular complexity index is 794. The van der Waals surface area contributed by atoms with Gasteiger partial charge in [0, 0.05) is 5.92 Å². The molecule has 1 aliphatic rings. The smallest absolute Gasteiger partial charge is 0.204 e. The zero-order valence-corrected chi connectivity index (χ0v) is 16.3. The van der Waals surface area contributed by atoms with Gasteiger partial charge in [-0.05, 0) is 49.9 Å². The topological polar surface area (TPSA) is 27.7 Å². The van der Waals surface area contributed by atoms with E-state index in [4.69, 9.17) is 14.2 Å². The van der Waals surface area contributed by atoms with Crippen LogP contribution in [-0.4, -0.2) is 25.9 Å². The number of ether oxygens (including phenoxy) is 3. The zero-order chi connectivity index (χ0) is 19.9. The van der Waals surface area contributed by atoms with Gasteiger partial charge in [-0.3, -0.25) is 0 Å². The Kier molecular flexibility index (Phi) is 7.04. The number of hydrogen-bond donors (Lipinski definition) is 0. The third-order valence-electron chi connectivity index (χ3n) is 4.87. The minimum atomic E-state index is -1.03.